The van der Waals surface area contributed by atoms with Gasteiger partial charge in [0.25, 0.3) is 0 Å². The van der Waals surface area contributed by atoms with Crippen molar-refractivity contribution in [3.63, 3.8) is 0 Å². The molecule has 0 aliphatic heterocycles. The maximum atomic E-state index is 11.9. The first-order chi connectivity index (χ1) is 8.08. The average Bonchev–Trinajstić information content (AvgIpc) is 2.81. The molecule has 3 nitrogen and oxygen atoms in total. The van der Waals surface area contributed by atoms with Crippen LogP contribution in [0.2, 0.25) is 0 Å². The Balaban J connectivity index is 1.89. The summed E-state index contributed by atoms with van der Waals surface area (Å²) in [6.45, 7) is 0.503. The minimum Gasteiger partial charge on any atom is -0.210 e. The Bertz CT molecular complexity index is 444. The van der Waals surface area contributed by atoms with Crippen molar-refractivity contribution in [2.75, 3.05) is 6.54 Å². The van der Waals surface area contributed by atoms with Gasteiger partial charge in [-0.2, -0.15) is 0 Å². The first-order valence-corrected chi connectivity index (χ1v) is 8.55. The summed E-state index contributed by atoms with van der Waals surface area (Å²) in [5.74, 6) is 0.376. The van der Waals surface area contributed by atoms with Crippen molar-refractivity contribution in [1.82, 2.24) is 4.72 Å². The number of alkyl halides is 1. The van der Waals surface area contributed by atoms with E-state index < -0.39 is 10.0 Å². The quantitative estimate of drug-likeness (QED) is 0.868. The van der Waals surface area contributed by atoms with E-state index >= 15 is 0 Å². The van der Waals surface area contributed by atoms with E-state index in [1.807, 2.05) is 0 Å². The second kappa shape index (κ2) is 5.69. The summed E-state index contributed by atoms with van der Waals surface area (Å²) in [5, 5.41) is 1.98. The maximum Gasteiger partial charge on any atom is 0.250 e. The van der Waals surface area contributed by atoms with E-state index in [2.05, 4.69) is 4.72 Å². The third-order valence-electron chi connectivity index (χ3n) is 3.04. The summed E-state index contributed by atoms with van der Waals surface area (Å²) in [4.78, 5) is 0. The van der Waals surface area contributed by atoms with Crippen molar-refractivity contribution in [2.24, 2.45) is 5.92 Å². The lowest BCUT2D eigenvalue weighted by Gasteiger charge is -2.25. The Labute approximate surface area is 111 Å². The predicted molar refractivity (Wildman–Crippen MR) is 71.1 cm³/mol. The van der Waals surface area contributed by atoms with Crippen LogP contribution in [-0.4, -0.2) is 20.3 Å². The van der Waals surface area contributed by atoms with E-state index in [0.717, 1.165) is 25.7 Å². The molecule has 0 bridgehead atoms. The van der Waals surface area contributed by atoms with Crippen molar-refractivity contribution in [1.29, 1.82) is 0 Å². The van der Waals surface area contributed by atoms with Crippen LogP contribution in [0.15, 0.2) is 21.7 Å². The Morgan fingerprint density at radius 2 is 2.29 bits per heavy atom. The fraction of sp³-hybridized carbons (Fsp3) is 0.636. The summed E-state index contributed by atoms with van der Waals surface area (Å²) in [5.41, 5.74) is 0. The van der Waals surface area contributed by atoms with Gasteiger partial charge in [0.1, 0.15) is 4.21 Å². The number of thiophene rings is 1. The van der Waals surface area contributed by atoms with E-state index in [0.29, 0.717) is 16.7 Å². The highest BCUT2D eigenvalue weighted by Gasteiger charge is 2.22. The second-order valence-electron chi connectivity index (χ2n) is 4.41. The molecule has 6 heteroatoms. The van der Waals surface area contributed by atoms with E-state index in [1.54, 1.807) is 17.5 Å². The first kappa shape index (κ1) is 13.3. The third kappa shape index (κ3) is 3.68. The standard InChI is InChI=1S/C11H16ClNO2S2/c12-10-4-1-3-9(7-10)8-13-17(14,15)11-5-2-6-16-11/h2,5-6,9-10,13H,1,3-4,7-8H2. The number of nitrogens with one attached hydrogen (secondary N) is 1. The Morgan fingerprint density at radius 1 is 1.47 bits per heavy atom. The minimum atomic E-state index is -3.31. The van der Waals surface area contributed by atoms with Gasteiger partial charge in [-0.25, -0.2) is 13.1 Å². The van der Waals surface area contributed by atoms with E-state index in [1.165, 1.54) is 11.3 Å². The maximum absolute atomic E-state index is 11.9. The van der Waals surface area contributed by atoms with Crippen LogP contribution < -0.4 is 4.72 Å². The van der Waals surface area contributed by atoms with Gasteiger partial charge in [0.15, 0.2) is 0 Å². The number of rotatable bonds is 4. The van der Waals surface area contributed by atoms with Crippen LogP contribution in [0.1, 0.15) is 25.7 Å². The molecule has 2 unspecified atom stereocenters. The predicted octanol–water partition coefficient (Wildman–Crippen LogP) is 2.82. The molecular weight excluding hydrogens is 278 g/mol. The normalized spacial score (nSPS) is 25.9. The number of halogens is 1. The Morgan fingerprint density at radius 3 is 2.94 bits per heavy atom. The molecule has 1 N–H and O–H groups in total. The lowest BCUT2D eigenvalue weighted by molar-refractivity contribution is 0.362. The van der Waals surface area contributed by atoms with Gasteiger partial charge in [0.2, 0.25) is 10.0 Å². The molecule has 1 aliphatic carbocycles. The molecule has 17 heavy (non-hydrogen) atoms. The van der Waals surface area contributed by atoms with Crippen molar-refractivity contribution in [3.8, 4) is 0 Å². The molecular formula is C11H16ClNO2S2. The van der Waals surface area contributed by atoms with Gasteiger partial charge in [0.05, 0.1) is 0 Å². The molecule has 96 valence electrons. The smallest absolute Gasteiger partial charge is 0.210 e. The Hall–Kier alpha value is -0.100. The summed E-state index contributed by atoms with van der Waals surface area (Å²) in [7, 11) is -3.31. The van der Waals surface area contributed by atoms with Gasteiger partial charge < -0.3 is 0 Å². The highest BCUT2D eigenvalue weighted by molar-refractivity contribution is 7.91. The van der Waals surface area contributed by atoms with Crippen LogP contribution in [0.25, 0.3) is 0 Å². The van der Waals surface area contributed by atoms with Crippen molar-refractivity contribution >= 4 is 33.0 Å². The molecule has 0 spiro atoms. The lowest BCUT2D eigenvalue weighted by atomic mass is 9.89. The van der Waals surface area contributed by atoms with Crippen molar-refractivity contribution < 1.29 is 8.42 Å². The molecule has 0 aromatic carbocycles. The summed E-state index contributed by atoms with van der Waals surface area (Å²) in [6.07, 6.45) is 4.12. The van der Waals surface area contributed by atoms with Crippen LogP contribution in [0.4, 0.5) is 0 Å². The summed E-state index contributed by atoms with van der Waals surface area (Å²) < 4.78 is 26.8. The van der Waals surface area contributed by atoms with Gasteiger partial charge >= 0.3 is 0 Å². The topological polar surface area (TPSA) is 46.2 Å². The molecule has 0 amide bonds. The van der Waals surface area contributed by atoms with Crippen LogP contribution in [0, 0.1) is 5.92 Å². The SMILES string of the molecule is O=S(=O)(NCC1CCCC(Cl)C1)c1cccs1. The van der Waals surface area contributed by atoms with Crippen LogP contribution in [-0.2, 0) is 10.0 Å². The molecule has 1 aromatic rings. The third-order valence-corrected chi connectivity index (χ3v) is 6.26. The monoisotopic (exact) mass is 293 g/mol. The summed E-state index contributed by atoms with van der Waals surface area (Å²) in [6, 6.07) is 3.37. The highest BCUT2D eigenvalue weighted by atomic mass is 35.5. The molecule has 0 radical (unpaired) electrons. The van der Waals surface area contributed by atoms with Gasteiger partial charge in [-0.3, -0.25) is 0 Å². The number of sulfonamides is 1. The number of hydrogen-bond acceptors (Lipinski definition) is 3. The van der Waals surface area contributed by atoms with E-state index in [4.69, 9.17) is 11.6 Å². The average molecular weight is 294 g/mol. The second-order valence-corrected chi connectivity index (χ2v) is 7.97. The Kier molecular flexibility index (Phi) is 4.47. The zero-order valence-corrected chi connectivity index (χ0v) is 11.8. The van der Waals surface area contributed by atoms with Gasteiger partial charge in [-0.05, 0) is 36.6 Å². The molecule has 1 saturated carbocycles. The molecule has 2 atom stereocenters. The van der Waals surface area contributed by atoms with Crippen LogP contribution >= 0.6 is 22.9 Å². The van der Waals surface area contributed by atoms with Gasteiger partial charge in [-0.15, -0.1) is 22.9 Å². The molecule has 2 rings (SSSR count). The van der Waals surface area contributed by atoms with Crippen molar-refractivity contribution in [2.45, 2.75) is 35.3 Å². The number of hydrogen-bond donors (Lipinski definition) is 1. The van der Waals surface area contributed by atoms with Gasteiger partial charge in [-0.1, -0.05) is 12.5 Å². The molecule has 1 aromatic heterocycles. The zero-order valence-electron chi connectivity index (χ0n) is 9.43. The first-order valence-electron chi connectivity index (χ1n) is 5.75. The lowest BCUT2D eigenvalue weighted by Crippen LogP contribution is -2.31. The van der Waals surface area contributed by atoms with Gasteiger partial charge in [0, 0.05) is 11.9 Å². The van der Waals surface area contributed by atoms with E-state index in [9.17, 15) is 8.42 Å². The minimum absolute atomic E-state index is 0.208. The molecule has 1 fully saturated rings. The fourth-order valence-corrected chi connectivity index (χ4v) is 4.69. The molecule has 0 saturated heterocycles. The largest absolute Gasteiger partial charge is 0.250 e. The molecule has 1 heterocycles. The van der Waals surface area contributed by atoms with Crippen LogP contribution in [0.3, 0.4) is 0 Å². The van der Waals surface area contributed by atoms with Crippen molar-refractivity contribution in [3.05, 3.63) is 17.5 Å². The summed E-state index contributed by atoms with van der Waals surface area (Å²) >= 11 is 7.33. The highest BCUT2D eigenvalue weighted by Crippen LogP contribution is 2.27. The zero-order chi connectivity index (χ0) is 12.3. The fourth-order valence-electron chi connectivity index (χ4n) is 2.13. The van der Waals surface area contributed by atoms with Crippen LogP contribution in [0.5, 0.6) is 0 Å². The van der Waals surface area contributed by atoms with E-state index in [-0.39, 0.29) is 5.38 Å². The molecule has 1 aliphatic rings.